The van der Waals surface area contributed by atoms with Crippen LogP contribution < -0.4 is 10.1 Å². The molecule has 2 aromatic rings. The lowest BCUT2D eigenvalue weighted by molar-refractivity contribution is 0.415. The van der Waals surface area contributed by atoms with Crippen LogP contribution in [0.5, 0.6) is 5.75 Å². The predicted octanol–water partition coefficient (Wildman–Crippen LogP) is 3.94. The van der Waals surface area contributed by atoms with Crippen LogP contribution in [0.1, 0.15) is 25.0 Å². The highest BCUT2D eigenvalue weighted by atomic mass is 16.5. The summed E-state index contributed by atoms with van der Waals surface area (Å²) >= 11 is 0. The van der Waals surface area contributed by atoms with E-state index in [1.807, 2.05) is 48.7 Å². The second-order valence-corrected chi connectivity index (χ2v) is 5.20. The van der Waals surface area contributed by atoms with Gasteiger partial charge in [0.15, 0.2) is 0 Å². The highest BCUT2D eigenvalue weighted by Crippen LogP contribution is 2.19. The molecule has 0 bridgehead atoms. The molecule has 0 unspecified atom stereocenters. The Labute approximate surface area is 126 Å². The number of rotatable bonds is 6. The van der Waals surface area contributed by atoms with Crippen LogP contribution in [0.15, 0.2) is 53.5 Å². The van der Waals surface area contributed by atoms with E-state index in [2.05, 4.69) is 30.2 Å². The van der Waals surface area contributed by atoms with Gasteiger partial charge >= 0.3 is 0 Å². The second-order valence-electron chi connectivity index (χ2n) is 5.20. The minimum atomic E-state index is 0.462. The number of hydrogen-bond donors (Lipinski definition) is 1. The lowest BCUT2D eigenvalue weighted by Gasteiger charge is -2.10. The molecule has 0 radical (unpaired) electrons. The summed E-state index contributed by atoms with van der Waals surface area (Å²) in [6.07, 6.45) is 1.88. The van der Waals surface area contributed by atoms with E-state index in [4.69, 9.17) is 4.74 Å². The molecule has 110 valence electrons. The lowest BCUT2D eigenvalue weighted by atomic mass is 10.1. The number of nitrogens with zero attached hydrogens (tertiary/aromatic N) is 1. The molecular weight excluding hydrogens is 260 g/mol. The molecule has 3 nitrogen and oxygen atoms in total. The average Bonchev–Trinajstić information content (AvgIpc) is 2.52. The molecule has 0 saturated carbocycles. The van der Waals surface area contributed by atoms with Crippen molar-refractivity contribution in [3.05, 3.63) is 59.7 Å². The van der Waals surface area contributed by atoms with E-state index in [-0.39, 0.29) is 0 Å². The van der Waals surface area contributed by atoms with Crippen LogP contribution in [-0.2, 0) is 6.54 Å². The summed E-state index contributed by atoms with van der Waals surface area (Å²) in [5.74, 6) is 0.855. The van der Waals surface area contributed by atoms with Crippen molar-refractivity contribution in [3.63, 3.8) is 0 Å². The number of aliphatic imine (C=N–C) groups is 1. The Morgan fingerprint density at radius 3 is 2.48 bits per heavy atom. The SMILES string of the molecule is COc1ccc(C=Nc2ccccc2CNC(C)C)cc1. The number of hydrogen-bond acceptors (Lipinski definition) is 3. The number of para-hydroxylation sites is 1. The van der Waals surface area contributed by atoms with Crippen molar-refractivity contribution in [2.24, 2.45) is 4.99 Å². The maximum atomic E-state index is 5.15. The van der Waals surface area contributed by atoms with Crippen LogP contribution in [0, 0.1) is 0 Å². The van der Waals surface area contributed by atoms with Gasteiger partial charge in [0, 0.05) is 18.8 Å². The van der Waals surface area contributed by atoms with Crippen molar-refractivity contribution < 1.29 is 4.74 Å². The first kappa shape index (κ1) is 15.3. The van der Waals surface area contributed by atoms with Gasteiger partial charge in [0.1, 0.15) is 5.75 Å². The quantitative estimate of drug-likeness (QED) is 0.814. The fourth-order valence-electron chi connectivity index (χ4n) is 1.93. The largest absolute Gasteiger partial charge is 0.497 e. The maximum absolute atomic E-state index is 5.15. The normalized spacial score (nSPS) is 11.2. The van der Waals surface area contributed by atoms with Crippen LogP contribution >= 0.6 is 0 Å². The van der Waals surface area contributed by atoms with Crippen molar-refractivity contribution in [3.8, 4) is 5.75 Å². The minimum Gasteiger partial charge on any atom is -0.497 e. The smallest absolute Gasteiger partial charge is 0.118 e. The first-order chi connectivity index (χ1) is 10.2. The van der Waals surface area contributed by atoms with Crippen LogP contribution in [0.4, 0.5) is 5.69 Å². The third-order valence-corrected chi connectivity index (χ3v) is 3.16. The molecule has 0 aliphatic rings. The van der Waals surface area contributed by atoms with Gasteiger partial charge in [-0.25, -0.2) is 0 Å². The lowest BCUT2D eigenvalue weighted by Crippen LogP contribution is -2.21. The second kappa shape index (κ2) is 7.60. The van der Waals surface area contributed by atoms with Gasteiger partial charge in [0.25, 0.3) is 0 Å². The molecule has 1 N–H and O–H groups in total. The third-order valence-electron chi connectivity index (χ3n) is 3.16. The Kier molecular flexibility index (Phi) is 5.52. The molecule has 3 heteroatoms. The van der Waals surface area contributed by atoms with Gasteiger partial charge in [-0.3, -0.25) is 4.99 Å². The van der Waals surface area contributed by atoms with E-state index in [0.717, 1.165) is 23.5 Å². The Hall–Kier alpha value is -2.13. The van der Waals surface area contributed by atoms with Crippen molar-refractivity contribution in [2.45, 2.75) is 26.4 Å². The Morgan fingerprint density at radius 2 is 1.81 bits per heavy atom. The number of methoxy groups -OCH3 is 1. The number of nitrogens with one attached hydrogen (secondary N) is 1. The number of benzene rings is 2. The summed E-state index contributed by atoms with van der Waals surface area (Å²) in [5, 5.41) is 3.43. The van der Waals surface area contributed by atoms with E-state index in [9.17, 15) is 0 Å². The zero-order valence-electron chi connectivity index (χ0n) is 12.8. The zero-order chi connectivity index (χ0) is 15.1. The molecular formula is C18H22N2O. The molecule has 0 atom stereocenters. The van der Waals surface area contributed by atoms with Gasteiger partial charge in [-0.15, -0.1) is 0 Å². The van der Waals surface area contributed by atoms with E-state index < -0.39 is 0 Å². The summed E-state index contributed by atoms with van der Waals surface area (Å²) in [6.45, 7) is 5.11. The molecule has 0 spiro atoms. The van der Waals surface area contributed by atoms with Gasteiger partial charge in [0.2, 0.25) is 0 Å². The highest BCUT2D eigenvalue weighted by Gasteiger charge is 2.01. The fourth-order valence-corrected chi connectivity index (χ4v) is 1.93. The molecule has 2 aromatic carbocycles. The van der Waals surface area contributed by atoms with E-state index in [1.54, 1.807) is 7.11 Å². The zero-order valence-corrected chi connectivity index (χ0v) is 12.8. The monoisotopic (exact) mass is 282 g/mol. The first-order valence-electron chi connectivity index (χ1n) is 7.18. The van der Waals surface area contributed by atoms with Gasteiger partial charge < -0.3 is 10.1 Å². The minimum absolute atomic E-state index is 0.462. The Bertz CT molecular complexity index is 588. The predicted molar refractivity (Wildman–Crippen MR) is 88.7 cm³/mol. The molecule has 0 saturated heterocycles. The molecule has 0 fully saturated rings. The fraction of sp³-hybridized carbons (Fsp3) is 0.278. The van der Waals surface area contributed by atoms with E-state index >= 15 is 0 Å². The van der Waals surface area contributed by atoms with Crippen molar-refractivity contribution in [1.29, 1.82) is 0 Å². The third kappa shape index (κ3) is 4.72. The van der Waals surface area contributed by atoms with E-state index in [1.165, 1.54) is 5.56 Å². The summed E-state index contributed by atoms with van der Waals surface area (Å²) in [7, 11) is 1.67. The standard InChI is InChI=1S/C18H22N2O/c1-14(2)19-13-16-6-4-5-7-18(16)20-12-15-8-10-17(21-3)11-9-15/h4-12,14,19H,13H2,1-3H3. The summed E-state index contributed by atoms with van der Waals surface area (Å²) in [5.41, 5.74) is 3.26. The van der Waals surface area contributed by atoms with Crippen molar-refractivity contribution in [1.82, 2.24) is 5.32 Å². The Balaban J connectivity index is 2.12. The van der Waals surface area contributed by atoms with Crippen LogP contribution in [-0.4, -0.2) is 19.4 Å². The molecule has 0 heterocycles. The number of ether oxygens (including phenoxy) is 1. The molecule has 21 heavy (non-hydrogen) atoms. The first-order valence-corrected chi connectivity index (χ1v) is 7.18. The summed E-state index contributed by atoms with van der Waals surface area (Å²) in [6, 6.07) is 16.5. The van der Waals surface area contributed by atoms with Crippen molar-refractivity contribution >= 4 is 11.9 Å². The van der Waals surface area contributed by atoms with Gasteiger partial charge in [-0.1, -0.05) is 32.0 Å². The van der Waals surface area contributed by atoms with Crippen molar-refractivity contribution in [2.75, 3.05) is 7.11 Å². The van der Waals surface area contributed by atoms with Gasteiger partial charge in [-0.2, -0.15) is 0 Å². The summed E-state index contributed by atoms with van der Waals surface area (Å²) < 4.78 is 5.15. The molecule has 0 amide bonds. The molecule has 0 aliphatic heterocycles. The van der Waals surface area contributed by atoms with Gasteiger partial charge in [0.05, 0.1) is 12.8 Å². The van der Waals surface area contributed by atoms with Gasteiger partial charge in [-0.05, 0) is 41.5 Å². The highest BCUT2D eigenvalue weighted by molar-refractivity contribution is 5.82. The van der Waals surface area contributed by atoms with E-state index in [0.29, 0.717) is 6.04 Å². The molecule has 0 aliphatic carbocycles. The average molecular weight is 282 g/mol. The Morgan fingerprint density at radius 1 is 1.10 bits per heavy atom. The molecule has 0 aromatic heterocycles. The summed E-state index contributed by atoms with van der Waals surface area (Å²) in [4.78, 5) is 4.60. The maximum Gasteiger partial charge on any atom is 0.118 e. The van der Waals surface area contributed by atoms with Crippen LogP contribution in [0.2, 0.25) is 0 Å². The van der Waals surface area contributed by atoms with Crippen LogP contribution in [0.3, 0.4) is 0 Å². The van der Waals surface area contributed by atoms with Crippen LogP contribution in [0.25, 0.3) is 0 Å². The molecule has 2 rings (SSSR count). The topological polar surface area (TPSA) is 33.6 Å².